The third kappa shape index (κ3) is 5.37. The Balaban J connectivity index is 2.91. The van der Waals surface area contributed by atoms with Gasteiger partial charge < -0.3 is 9.84 Å². The molecule has 0 radical (unpaired) electrons. The van der Waals surface area contributed by atoms with Gasteiger partial charge in [0.1, 0.15) is 6.10 Å². The Morgan fingerprint density at radius 2 is 1.70 bits per heavy atom. The largest absolute Gasteiger partial charge is 0.462 e. The Hall–Kier alpha value is -0.780. The van der Waals surface area contributed by atoms with Gasteiger partial charge in [-0.3, -0.25) is 4.79 Å². The second kappa shape index (κ2) is 7.41. The molecule has 136 valence electrons. The first-order valence-corrected chi connectivity index (χ1v) is 8.41. The molecule has 0 aromatic rings. The lowest BCUT2D eigenvalue weighted by Gasteiger charge is -2.37. The number of hydrogen-bond acceptors (Lipinski definition) is 3. The molecule has 1 fully saturated rings. The molecule has 6 heteroatoms. The third-order valence-corrected chi connectivity index (χ3v) is 5.08. The average Bonchev–Trinajstić information content (AvgIpc) is 2.46. The highest BCUT2D eigenvalue weighted by atomic mass is 19.4. The van der Waals surface area contributed by atoms with Gasteiger partial charge in [0, 0.05) is 6.42 Å². The molecule has 0 aromatic carbocycles. The van der Waals surface area contributed by atoms with Crippen molar-refractivity contribution in [2.45, 2.75) is 90.5 Å². The number of alkyl halides is 3. The van der Waals surface area contributed by atoms with Crippen molar-refractivity contribution in [2.24, 2.45) is 11.3 Å². The van der Waals surface area contributed by atoms with Crippen LogP contribution in [0.15, 0.2) is 0 Å². The summed E-state index contributed by atoms with van der Waals surface area (Å²) in [5.41, 5.74) is -3.59. The summed E-state index contributed by atoms with van der Waals surface area (Å²) in [6.07, 6.45) is -1.35. The van der Waals surface area contributed by atoms with Crippen LogP contribution >= 0.6 is 0 Å². The molecule has 1 N–H and O–H groups in total. The highest BCUT2D eigenvalue weighted by molar-refractivity contribution is 5.76. The van der Waals surface area contributed by atoms with Crippen LogP contribution in [0.2, 0.25) is 0 Å². The summed E-state index contributed by atoms with van der Waals surface area (Å²) in [5, 5.41) is 9.81. The monoisotopic (exact) mass is 338 g/mol. The maximum Gasteiger partial charge on any atom is 0.417 e. The molecule has 0 amide bonds. The van der Waals surface area contributed by atoms with Crippen LogP contribution in [-0.2, 0) is 9.53 Å². The molecular formula is C17H29F3O3. The zero-order chi connectivity index (χ0) is 17.9. The van der Waals surface area contributed by atoms with E-state index in [2.05, 4.69) is 0 Å². The predicted molar refractivity (Wildman–Crippen MR) is 81.8 cm³/mol. The van der Waals surface area contributed by atoms with Crippen molar-refractivity contribution < 1.29 is 27.8 Å². The molecule has 0 saturated heterocycles. The number of ether oxygens (including phenoxy) is 1. The zero-order valence-corrected chi connectivity index (χ0v) is 14.5. The third-order valence-electron chi connectivity index (χ3n) is 5.08. The minimum atomic E-state index is -4.74. The Kier molecular flexibility index (Phi) is 6.53. The van der Waals surface area contributed by atoms with Crippen molar-refractivity contribution in [1.82, 2.24) is 0 Å². The number of rotatable bonds is 6. The van der Waals surface area contributed by atoms with E-state index in [9.17, 15) is 23.1 Å². The predicted octanol–water partition coefficient (Wildman–Crippen LogP) is 4.62. The number of carbonyl (C=O) groups excluding carboxylic acids is 1. The zero-order valence-electron chi connectivity index (χ0n) is 14.5. The van der Waals surface area contributed by atoms with Crippen LogP contribution in [0.4, 0.5) is 13.2 Å². The van der Waals surface area contributed by atoms with Crippen molar-refractivity contribution in [3.05, 3.63) is 0 Å². The molecule has 2 atom stereocenters. The fourth-order valence-electron chi connectivity index (χ4n) is 2.76. The highest BCUT2D eigenvalue weighted by Crippen LogP contribution is 2.39. The Bertz CT molecular complexity index is 396. The number of hydrogen-bond donors (Lipinski definition) is 1. The van der Waals surface area contributed by atoms with E-state index < -0.39 is 35.7 Å². The number of halogens is 3. The van der Waals surface area contributed by atoms with Gasteiger partial charge in [-0.05, 0) is 46.0 Å². The number of esters is 1. The van der Waals surface area contributed by atoms with E-state index in [0.29, 0.717) is 6.42 Å². The van der Waals surface area contributed by atoms with Gasteiger partial charge in [0.2, 0.25) is 0 Å². The van der Waals surface area contributed by atoms with Crippen LogP contribution in [0.5, 0.6) is 0 Å². The average molecular weight is 338 g/mol. The van der Waals surface area contributed by atoms with Crippen LogP contribution in [0.1, 0.15) is 72.6 Å². The van der Waals surface area contributed by atoms with Gasteiger partial charge in [0.15, 0.2) is 5.60 Å². The van der Waals surface area contributed by atoms with Crippen LogP contribution in [-0.4, -0.2) is 29.0 Å². The molecule has 0 heterocycles. The maximum atomic E-state index is 13.0. The van der Waals surface area contributed by atoms with Gasteiger partial charge in [0.05, 0.1) is 5.41 Å². The lowest BCUT2D eigenvalue weighted by atomic mass is 9.80. The van der Waals surface area contributed by atoms with Crippen molar-refractivity contribution in [3.8, 4) is 0 Å². The maximum absolute atomic E-state index is 13.0. The number of aliphatic hydroxyl groups is 1. The quantitative estimate of drug-likeness (QED) is 0.719. The Morgan fingerprint density at radius 1 is 1.17 bits per heavy atom. The topological polar surface area (TPSA) is 46.5 Å². The van der Waals surface area contributed by atoms with E-state index in [1.165, 1.54) is 0 Å². The summed E-state index contributed by atoms with van der Waals surface area (Å²) >= 11 is 0. The summed E-state index contributed by atoms with van der Waals surface area (Å²) < 4.78 is 44.5. The van der Waals surface area contributed by atoms with Crippen LogP contribution < -0.4 is 0 Å². The van der Waals surface area contributed by atoms with Gasteiger partial charge in [-0.15, -0.1) is 0 Å². The smallest absolute Gasteiger partial charge is 0.417 e. The molecule has 2 unspecified atom stereocenters. The van der Waals surface area contributed by atoms with Gasteiger partial charge in [-0.25, -0.2) is 0 Å². The lowest BCUT2D eigenvalue weighted by Crippen LogP contribution is -2.48. The van der Waals surface area contributed by atoms with E-state index in [4.69, 9.17) is 4.74 Å². The first-order chi connectivity index (χ1) is 10.4. The van der Waals surface area contributed by atoms with Gasteiger partial charge in [0.25, 0.3) is 0 Å². The molecule has 1 saturated carbocycles. The van der Waals surface area contributed by atoms with Crippen molar-refractivity contribution in [2.75, 3.05) is 0 Å². The molecule has 1 aliphatic rings. The standard InChI is InChI=1S/C17H29F3O3/c1-5-15(2,3)14(21)23-13(12-9-7-6-8-10-12)11-16(4,22)17(18,19)20/h12-13,22H,5-11H2,1-4H3. The second-order valence-corrected chi connectivity index (χ2v) is 7.56. The molecule has 0 aromatic heterocycles. The van der Waals surface area contributed by atoms with E-state index >= 15 is 0 Å². The fourth-order valence-corrected chi connectivity index (χ4v) is 2.76. The molecule has 23 heavy (non-hydrogen) atoms. The molecule has 1 aliphatic carbocycles. The first-order valence-electron chi connectivity index (χ1n) is 8.41. The first kappa shape index (κ1) is 20.3. The highest BCUT2D eigenvalue weighted by Gasteiger charge is 2.52. The Morgan fingerprint density at radius 3 is 2.13 bits per heavy atom. The molecule has 0 bridgehead atoms. The molecule has 0 aliphatic heterocycles. The SMILES string of the molecule is CCC(C)(C)C(=O)OC(CC(C)(O)C(F)(F)F)C1CCCCC1. The van der Waals surface area contributed by atoms with Crippen LogP contribution in [0, 0.1) is 11.3 Å². The summed E-state index contributed by atoms with van der Waals surface area (Å²) in [4.78, 5) is 12.3. The van der Waals surface area contributed by atoms with Gasteiger partial charge >= 0.3 is 12.1 Å². The molecule has 0 spiro atoms. The van der Waals surface area contributed by atoms with Crippen molar-refractivity contribution in [1.29, 1.82) is 0 Å². The second-order valence-electron chi connectivity index (χ2n) is 7.56. The summed E-state index contributed by atoms with van der Waals surface area (Å²) in [7, 11) is 0. The fraction of sp³-hybridized carbons (Fsp3) is 0.941. The van der Waals surface area contributed by atoms with E-state index in [0.717, 1.165) is 39.0 Å². The van der Waals surface area contributed by atoms with E-state index in [-0.39, 0.29) is 5.92 Å². The van der Waals surface area contributed by atoms with Crippen molar-refractivity contribution >= 4 is 5.97 Å². The van der Waals surface area contributed by atoms with Gasteiger partial charge in [-0.1, -0.05) is 26.2 Å². The summed E-state index contributed by atoms with van der Waals surface area (Å²) in [6, 6.07) is 0. The number of carbonyl (C=O) groups is 1. The molecule has 1 rings (SSSR count). The normalized spacial score (nSPS) is 21.6. The minimum Gasteiger partial charge on any atom is -0.462 e. The molecule has 3 nitrogen and oxygen atoms in total. The van der Waals surface area contributed by atoms with Crippen LogP contribution in [0.3, 0.4) is 0 Å². The molecular weight excluding hydrogens is 309 g/mol. The van der Waals surface area contributed by atoms with Crippen LogP contribution in [0.25, 0.3) is 0 Å². The minimum absolute atomic E-state index is 0.116. The lowest BCUT2D eigenvalue weighted by molar-refractivity contribution is -0.264. The van der Waals surface area contributed by atoms with Gasteiger partial charge in [-0.2, -0.15) is 13.2 Å². The summed E-state index contributed by atoms with van der Waals surface area (Å²) in [5.74, 6) is -0.609. The summed E-state index contributed by atoms with van der Waals surface area (Å²) in [6.45, 7) is 6.02. The Labute approximate surface area is 136 Å². The van der Waals surface area contributed by atoms with E-state index in [1.54, 1.807) is 13.8 Å². The van der Waals surface area contributed by atoms with Crippen molar-refractivity contribution in [3.63, 3.8) is 0 Å². The van der Waals surface area contributed by atoms with E-state index in [1.807, 2.05) is 6.92 Å².